The smallest absolute Gasteiger partial charge is 0.189 e. The molecule has 0 saturated heterocycles. The molecule has 2 N–H and O–H groups in total. The molecule has 1 aliphatic heterocycles. The van der Waals surface area contributed by atoms with Crippen LogP contribution >= 0.6 is 0 Å². The van der Waals surface area contributed by atoms with Gasteiger partial charge in [0.05, 0.1) is 6.61 Å². The number of benzene rings is 2. The van der Waals surface area contributed by atoms with Crippen LogP contribution in [-0.4, -0.2) is 18.7 Å². The van der Waals surface area contributed by atoms with Crippen molar-refractivity contribution in [1.29, 1.82) is 0 Å². The SMILES string of the molecule is CN(Cc1ccccc1)Cc1cc(N)cc2c1OCOC2. The zero-order valence-corrected chi connectivity index (χ0v) is 12.2. The van der Waals surface area contributed by atoms with E-state index in [4.69, 9.17) is 15.2 Å². The lowest BCUT2D eigenvalue weighted by atomic mass is 10.1. The number of hydrogen-bond acceptors (Lipinski definition) is 4. The van der Waals surface area contributed by atoms with Gasteiger partial charge in [-0.15, -0.1) is 0 Å². The van der Waals surface area contributed by atoms with Crippen LogP contribution in [0.25, 0.3) is 0 Å². The van der Waals surface area contributed by atoms with Crippen molar-refractivity contribution < 1.29 is 9.47 Å². The minimum Gasteiger partial charge on any atom is -0.467 e. The molecule has 3 rings (SSSR count). The fourth-order valence-electron chi connectivity index (χ4n) is 2.69. The minimum atomic E-state index is 0.312. The topological polar surface area (TPSA) is 47.7 Å². The van der Waals surface area contributed by atoms with Gasteiger partial charge in [0, 0.05) is 29.9 Å². The van der Waals surface area contributed by atoms with Gasteiger partial charge >= 0.3 is 0 Å². The maximum atomic E-state index is 5.98. The molecule has 0 radical (unpaired) electrons. The first-order valence-corrected chi connectivity index (χ1v) is 7.06. The molecule has 0 fully saturated rings. The van der Waals surface area contributed by atoms with Crippen molar-refractivity contribution in [2.75, 3.05) is 19.6 Å². The number of nitrogens with two attached hydrogens (primary N) is 1. The first-order valence-electron chi connectivity index (χ1n) is 7.06. The zero-order valence-electron chi connectivity index (χ0n) is 12.2. The average Bonchev–Trinajstić information content (AvgIpc) is 2.48. The van der Waals surface area contributed by atoms with Gasteiger partial charge in [0.15, 0.2) is 6.79 Å². The molecule has 1 heterocycles. The Morgan fingerprint density at radius 1 is 1.14 bits per heavy atom. The third kappa shape index (κ3) is 3.35. The Morgan fingerprint density at radius 2 is 1.95 bits per heavy atom. The van der Waals surface area contributed by atoms with E-state index >= 15 is 0 Å². The van der Waals surface area contributed by atoms with Crippen LogP contribution in [0, 0.1) is 0 Å². The first kappa shape index (κ1) is 13.9. The van der Waals surface area contributed by atoms with E-state index in [2.05, 4.69) is 36.2 Å². The fourth-order valence-corrected chi connectivity index (χ4v) is 2.69. The first-order chi connectivity index (χ1) is 10.2. The second kappa shape index (κ2) is 6.16. The van der Waals surface area contributed by atoms with Gasteiger partial charge in [-0.2, -0.15) is 0 Å². The van der Waals surface area contributed by atoms with Crippen LogP contribution in [0.5, 0.6) is 5.75 Å². The van der Waals surface area contributed by atoms with Crippen LogP contribution in [0.1, 0.15) is 16.7 Å². The molecule has 0 amide bonds. The van der Waals surface area contributed by atoms with E-state index in [0.29, 0.717) is 13.4 Å². The molecule has 0 atom stereocenters. The van der Waals surface area contributed by atoms with Crippen molar-refractivity contribution in [3.63, 3.8) is 0 Å². The minimum absolute atomic E-state index is 0.312. The van der Waals surface area contributed by atoms with E-state index in [9.17, 15) is 0 Å². The lowest BCUT2D eigenvalue weighted by Crippen LogP contribution is -2.20. The van der Waals surface area contributed by atoms with Crippen molar-refractivity contribution in [2.24, 2.45) is 0 Å². The van der Waals surface area contributed by atoms with Gasteiger partial charge in [0.2, 0.25) is 0 Å². The normalized spacial score (nSPS) is 13.8. The van der Waals surface area contributed by atoms with Gasteiger partial charge in [-0.3, -0.25) is 4.90 Å². The average molecular weight is 284 g/mol. The number of nitrogens with zero attached hydrogens (tertiary/aromatic N) is 1. The molecule has 0 bridgehead atoms. The lowest BCUT2D eigenvalue weighted by molar-refractivity contribution is -0.0173. The summed E-state index contributed by atoms with van der Waals surface area (Å²) >= 11 is 0. The Labute approximate surface area is 125 Å². The Morgan fingerprint density at radius 3 is 2.76 bits per heavy atom. The highest BCUT2D eigenvalue weighted by molar-refractivity contribution is 5.53. The summed E-state index contributed by atoms with van der Waals surface area (Å²) in [5, 5.41) is 0. The summed E-state index contributed by atoms with van der Waals surface area (Å²) in [5.41, 5.74) is 10.2. The lowest BCUT2D eigenvalue weighted by Gasteiger charge is -2.24. The van der Waals surface area contributed by atoms with Crippen LogP contribution in [-0.2, 0) is 24.4 Å². The molecule has 1 aliphatic rings. The summed E-state index contributed by atoms with van der Waals surface area (Å²) in [7, 11) is 2.10. The Hall–Kier alpha value is -2.04. The van der Waals surface area contributed by atoms with Gasteiger partial charge in [-0.05, 0) is 24.7 Å². The maximum absolute atomic E-state index is 5.98. The predicted octanol–water partition coefficient (Wildman–Crippen LogP) is 2.77. The molecule has 110 valence electrons. The van der Waals surface area contributed by atoms with Gasteiger partial charge in [0.25, 0.3) is 0 Å². The van der Waals surface area contributed by atoms with Gasteiger partial charge in [-0.1, -0.05) is 30.3 Å². The quantitative estimate of drug-likeness (QED) is 0.877. The van der Waals surface area contributed by atoms with Crippen LogP contribution < -0.4 is 10.5 Å². The molecule has 4 nitrogen and oxygen atoms in total. The summed E-state index contributed by atoms with van der Waals surface area (Å²) in [4.78, 5) is 2.25. The molecule has 2 aromatic rings. The number of fused-ring (bicyclic) bond motifs is 1. The number of ether oxygens (including phenoxy) is 2. The van der Waals surface area contributed by atoms with Crippen LogP contribution in [0.15, 0.2) is 42.5 Å². The van der Waals surface area contributed by atoms with Crippen molar-refractivity contribution in [1.82, 2.24) is 4.90 Å². The van der Waals surface area contributed by atoms with Crippen molar-refractivity contribution in [2.45, 2.75) is 19.7 Å². The number of anilines is 1. The van der Waals surface area contributed by atoms with Crippen molar-refractivity contribution in [3.8, 4) is 5.75 Å². The second-order valence-corrected chi connectivity index (χ2v) is 5.44. The molecule has 4 heteroatoms. The highest BCUT2D eigenvalue weighted by Gasteiger charge is 2.17. The maximum Gasteiger partial charge on any atom is 0.189 e. The van der Waals surface area contributed by atoms with Gasteiger partial charge in [-0.25, -0.2) is 0 Å². The van der Waals surface area contributed by atoms with Gasteiger partial charge in [0.1, 0.15) is 5.75 Å². The standard InChI is InChI=1S/C17H20N2O2/c1-19(9-13-5-3-2-4-6-13)10-14-7-16(18)8-15-11-20-12-21-17(14)15/h2-8H,9-12,18H2,1H3. The molecule has 0 spiro atoms. The Kier molecular flexibility index (Phi) is 4.08. The molecule has 0 saturated carbocycles. The molecule has 0 unspecified atom stereocenters. The predicted molar refractivity (Wildman–Crippen MR) is 82.8 cm³/mol. The third-order valence-corrected chi connectivity index (χ3v) is 3.54. The molecule has 21 heavy (non-hydrogen) atoms. The molecule has 0 aromatic heterocycles. The monoisotopic (exact) mass is 284 g/mol. The van der Waals surface area contributed by atoms with E-state index in [1.54, 1.807) is 0 Å². The van der Waals surface area contributed by atoms with E-state index in [-0.39, 0.29) is 0 Å². The molecule has 0 aliphatic carbocycles. The Bertz CT molecular complexity index is 614. The van der Waals surface area contributed by atoms with Crippen LogP contribution in [0.2, 0.25) is 0 Å². The fraction of sp³-hybridized carbons (Fsp3) is 0.294. The summed E-state index contributed by atoms with van der Waals surface area (Å²) in [5.74, 6) is 0.926. The summed E-state index contributed by atoms with van der Waals surface area (Å²) in [6.45, 7) is 2.56. The second-order valence-electron chi connectivity index (χ2n) is 5.44. The van der Waals surface area contributed by atoms with Gasteiger partial charge < -0.3 is 15.2 Å². The number of rotatable bonds is 4. The zero-order chi connectivity index (χ0) is 14.7. The van der Waals surface area contributed by atoms with E-state index < -0.39 is 0 Å². The number of hydrogen-bond donors (Lipinski definition) is 1. The molecular weight excluding hydrogens is 264 g/mol. The van der Waals surface area contributed by atoms with Crippen LogP contribution in [0.3, 0.4) is 0 Å². The largest absolute Gasteiger partial charge is 0.467 e. The Balaban J connectivity index is 1.76. The summed E-state index contributed by atoms with van der Waals surface area (Å²) < 4.78 is 11.0. The number of nitrogen functional groups attached to an aromatic ring is 1. The van der Waals surface area contributed by atoms with Crippen molar-refractivity contribution >= 4 is 5.69 Å². The van der Waals surface area contributed by atoms with Crippen molar-refractivity contribution in [3.05, 3.63) is 59.2 Å². The van der Waals surface area contributed by atoms with E-state index in [1.165, 1.54) is 5.56 Å². The van der Waals surface area contributed by atoms with Crippen LogP contribution in [0.4, 0.5) is 5.69 Å². The van der Waals surface area contributed by atoms with E-state index in [0.717, 1.165) is 35.7 Å². The summed E-state index contributed by atoms with van der Waals surface area (Å²) in [6, 6.07) is 14.3. The highest BCUT2D eigenvalue weighted by atomic mass is 16.7. The highest BCUT2D eigenvalue weighted by Crippen LogP contribution is 2.31. The molecule has 2 aromatic carbocycles. The third-order valence-electron chi connectivity index (χ3n) is 3.54. The molecular formula is C17H20N2O2. The summed E-state index contributed by atoms with van der Waals surface area (Å²) in [6.07, 6.45) is 0. The van der Waals surface area contributed by atoms with E-state index in [1.807, 2.05) is 18.2 Å².